The maximum atomic E-state index is 9.53. The van der Waals surface area contributed by atoms with Gasteiger partial charge in [0.05, 0.1) is 6.10 Å². The van der Waals surface area contributed by atoms with Crippen molar-refractivity contribution in [3.8, 4) is 0 Å². The van der Waals surface area contributed by atoms with Gasteiger partial charge in [-0.25, -0.2) is 0 Å². The van der Waals surface area contributed by atoms with Crippen LogP contribution in [-0.4, -0.2) is 33.8 Å². The van der Waals surface area contributed by atoms with E-state index in [0.717, 1.165) is 38.5 Å². The average Bonchev–Trinajstić information content (AvgIpc) is 2.86. The van der Waals surface area contributed by atoms with E-state index in [0.29, 0.717) is 0 Å². The van der Waals surface area contributed by atoms with Gasteiger partial charge < -0.3 is 9.67 Å². The van der Waals surface area contributed by atoms with E-state index in [1.165, 1.54) is 12.1 Å². The van der Waals surface area contributed by atoms with Gasteiger partial charge in [-0.15, -0.1) is 0 Å². The molecule has 1 aliphatic heterocycles. The van der Waals surface area contributed by atoms with Crippen molar-refractivity contribution < 1.29 is 5.11 Å². The lowest BCUT2D eigenvalue weighted by Gasteiger charge is -2.17. The SMILES string of the molecule is CC(C)CCn1cccc1CN1CC[C@@H](O)C1. The van der Waals surface area contributed by atoms with E-state index < -0.39 is 0 Å². The molecule has 3 nitrogen and oxygen atoms in total. The van der Waals surface area contributed by atoms with Gasteiger partial charge in [-0.05, 0) is 30.9 Å². The quantitative estimate of drug-likeness (QED) is 0.848. The summed E-state index contributed by atoms with van der Waals surface area (Å²) in [6.45, 7) is 8.46. The second-order valence-electron chi connectivity index (χ2n) is 5.55. The van der Waals surface area contributed by atoms with Gasteiger partial charge in [-0.1, -0.05) is 13.8 Å². The highest BCUT2D eigenvalue weighted by Crippen LogP contribution is 2.15. The van der Waals surface area contributed by atoms with Crippen molar-refractivity contribution in [3.63, 3.8) is 0 Å². The first kappa shape index (κ1) is 12.7. The number of aliphatic hydroxyl groups excluding tert-OH is 1. The van der Waals surface area contributed by atoms with Gasteiger partial charge in [0.1, 0.15) is 0 Å². The predicted molar refractivity (Wildman–Crippen MR) is 69.8 cm³/mol. The Morgan fingerprint density at radius 3 is 2.94 bits per heavy atom. The number of aliphatic hydroxyl groups is 1. The molecular weight excluding hydrogens is 212 g/mol. The third-order valence-electron chi connectivity index (χ3n) is 3.50. The van der Waals surface area contributed by atoms with Crippen LogP contribution in [-0.2, 0) is 13.1 Å². The van der Waals surface area contributed by atoms with E-state index in [-0.39, 0.29) is 6.10 Å². The number of β-amino-alcohol motifs (C(OH)–C–C–N with tert-alkyl or cyclic N) is 1. The lowest BCUT2D eigenvalue weighted by molar-refractivity contribution is 0.174. The van der Waals surface area contributed by atoms with Crippen molar-refractivity contribution in [2.45, 2.75) is 45.9 Å². The molecule has 0 aromatic carbocycles. The Kier molecular flexibility index (Phi) is 4.24. The van der Waals surface area contributed by atoms with Crippen LogP contribution >= 0.6 is 0 Å². The zero-order valence-corrected chi connectivity index (χ0v) is 11.0. The molecule has 1 saturated heterocycles. The van der Waals surface area contributed by atoms with Crippen molar-refractivity contribution >= 4 is 0 Å². The molecule has 1 aromatic rings. The van der Waals surface area contributed by atoms with Gasteiger partial charge in [0.2, 0.25) is 0 Å². The van der Waals surface area contributed by atoms with E-state index in [4.69, 9.17) is 0 Å². The standard InChI is InChI=1S/C14H24N2O/c1-12(2)5-9-16-7-3-4-13(16)10-15-8-6-14(17)11-15/h3-4,7,12,14,17H,5-6,8-11H2,1-2H3/t14-/m1/s1. The molecule has 0 spiro atoms. The van der Waals surface area contributed by atoms with Crippen LogP contribution in [0.4, 0.5) is 0 Å². The van der Waals surface area contributed by atoms with E-state index in [1.807, 2.05) is 0 Å². The van der Waals surface area contributed by atoms with Crippen LogP contribution < -0.4 is 0 Å². The molecule has 3 heteroatoms. The van der Waals surface area contributed by atoms with Gasteiger partial charge >= 0.3 is 0 Å². The summed E-state index contributed by atoms with van der Waals surface area (Å²) in [7, 11) is 0. The Labute approximate surface area is 104 Å². The van der Waals surface area contributed by atoms with Crippen LogP contribution in [0.1, 0.15) is 32.4 Å². The van der Waals surface area contributed by atoms with Crippen molar-refractivity contribution in [2.24, 2.45) is 5.92 Å². The maximum Gasteiger partial charge on any atom is 0.0679 e. The second kappa shape index (κ2) is 5.69. The zero-order valence-electron chi connectivity index (χ0n) is 11.0. The Hall–Kier alpha value is -0.800. The zero-order chi connectivity index (χ0) is 12.3. The monoisotopic (exact) mass is 236 g/mol. The second-order valence-corrected chi connectivity index (χ2v) is 5.55. The molecule has 2 rings (SSSR count). The molecule has 1 fully saturated rings. The summed E-state index contributed by atoms with van der Waals surface area (Å²) < 4.78 is 2.35. The van der Waals surface area contributed by atoms with Crippen molar-refractivity contribution in [1.29, 1.82) is 0 Å². The van der Waals surface area contributed by atoms with Crippen LogP contribution in [0.15, 0.2) is 18.3 Å². The van der Waals surface area contributed by atoms with E-state index in [9.17, 15) is 5.11 Å². The largest absolute Gasteiger partial charge is 0.392 e. The molecule has 0 amide bonds. The average molecular weight is 236 g/mol. The molecule has 17 heavy (non-hydrogen) atoms. The van der Waals surface area contributed by atoms with Crippen molar-refractivity contribution in [2.75, 3.05) is 13.1 Å². The molecule has 96 valence electrons. The third-order valence-corrected chi connectivity index (χ3v) is 3.50. The summed E-state index contributed by atoms with van der Waals surface area (Å²) in [6.07, 6.45) is 4.20. The van der Waals surface area contributed by atoms with Crippen LogP contribution in [0, 0.1) is 5.92 Å². The van der Waals surface area contributed by atoms with Crippen LogP contribution in [0.2, 0.25) is 0 Å². The summed E-state index contributed by atoms with van der Waals surface area (Å²) in [6, 6.07) is 4.33. The normalized spacial score (nSPS) is 21.5. The summed E-state index contributed by atoms with van der Waals surface area (Å²) in [4.78, 5) is 2.34. The van der Waals surface area contributed by atoms with Gasteiger partial charge in [0.25, 0.3) is 0 Å². The number of aryl methyl sites for hydroxylation is 1. The molecule has 2 heterocycles. The molecule has 0 saturated carbocycles. The van der Waals surface area contributed by atoms with E-state index in [1.54, 1.807) is 0 Å². The lowest BCUT2D eigenvalue weighted by Crippen LogP contribution is -2.23. The highest BCUT2D eigenvalue weighted by Gasteiger charge is 2.20. The lowest BCUT2D eigenvalue weighted by atomic mass is 10.1. The summed E-state index contributed by atoms with van der Waals surface area (Å²) in [5.41, 5.74) is 1.37. The minimum Gasteiger partial charge on any atom is -0.392 e. The fraction of sp³-hybridized carbons (Fsp3) is 0.714. The molecule has 0 radical (unpaired) electrons. The smallest absolute Gasteiger partial charge is 0.0679 e. The maximum absolute atomic E-state index is 9.53. The molecule has 1 aliphatic rings. The molecule has 0 aliphatic carbocycles. The summed E-state index contributed by atoms with van der Waals surface area (Å²) in [5.74, 6) is 0.749. The van der Waals surface area contributed by atoms with Crippen molar-refractivity contribution in [1.82, 2.24) is 9.47 Å². The van der Waals surface area contributed by atoms with Crippen LogP contribution in [0.3, 0.4) is 0 Å². The number of likely N-dealkylation sites (tertiary alicyclic amines) is 1. The molecule has 1 N–H and O–H groups in total. The van der Waals surface area contributed by atoms with Gasteiger partial charge in [-0.3, -0.25) is 4.90 Å². The van der Waals surface area contributed by atoms with Gasteiger partial charge in [-0.2, -0.15) is 0 Å². The first-order chi connectivity index (χ1) is 8.15. The van der Waals surface area contributed by atoms with Crippen LogP contribution in [0.25, 0.3) is 0 Å². The minimum atomic E-state index is -0.117. The number of aromatic nitrogens is 1. The first-order valence-electron chi connectivity index (χ1n) is 6.69. The topological polar surface area (TPSA) is 28.4 Å². The minimum absolute atomic E-state index is 0.117. The molecular formula is C14H24N2O. The Balaban J connectivity index is 1.89. The Morgan fingerprint density at radius 1 is 1.47 bits per heavy atom. The van der Waals surface area contributed by atoms with Crippen molar-refractivity contribution in [3.05, 3.63) is 24.0 Å². The third kappa shape index (κ3) is 3.58. The highest BCUT2D eigenvalue weighted by molar-refractivity contribution is 5.07. The number of hydrogen-bond acceptors (Lipinski definition) is 2. The Morgan fingerprint density at radius 2 is 2.29 bits per heavy atom. The number of hydrogen-bond donors (Lipinski definition) is 1. The highest BCUT2D eigenvalue weighted by atomic mass is 16.3. The Bertz CT molecular complexity index is 346. The van der Waals surface area contributed by atoms with Gasteiger partial charge in [0.15, 0.2) is 0 Å². The summed E-state index contributed by atoms with van der Waals surface area (Å²) >= 11 is 0. The summed E-state index contributed by atoms with van der Waals surface area (Å²) in [5, 5.41) is 9.53. The first-order valence-corrected chi connectivity index (χ1v) is 6.69. The molecule has 0 bridgehead atoms. The number of nitrogens with zero attached hydrogens (tertiary/aromatic N) is 2. The number of rotatable bonds is 5. The van der Waals surface area contributed by atoms with Crippen LogP contribution in [0.5, 0.6) is 0 Å². The molecule has 1 atom stereocenters. The van der Waals surface area contributed by atoms with E-state index >= 15 is 0 Å². The molecule has 0 unspecified atom stereocenters. The van der Waals surface area contributed by atoms with Gasteiger partial charge in [0, 0.05) is 38.1 Å². The fourth-order valence-corrected chi connectivity index (χ4v) is 2.39. The van der Waals surface area contributed by atoms with E-state index in [2.05, 4.69) is 41.6 Å². The molecule has 1 aromatic heterocycles. The predicted octanol–water partition coefficient (Wildman–Crippen LogP) is 2.10. The fourth-order valence-electron chi connectivity index (χ4n) is 2.39.